The predicted octanol–water partition coefficient (Wildman–Crippen LogP) is 3.51. The number of nitrogens with zero attached hydrogens (tertiary/aromatic N) is 4. The SMILES string of the molecule is CN(C(=O)Nc1ccccc1)C1CCN(C[C@@H]2CCCN2C(=O)CN2CCC[C@H](NS(=O)(=O)/C=C/c3ccc(Cl)s3)C2=O)C1. The molecule has 0 bridgehead atoms. The van der Waals surface area contributed by atoms with Crippen LogP contribution in [0.15, 0.2) is 47.9 Å². The fourth-order valence-electron chi connectivity index (χ4n) is 6.12. The number of carbonyl (C=O) groups excluding carboxylic acids is 3. The van der Waals surface area contributed by atoms with Gasteiger partial charge in [0.25, 0.3) is 0 Å². The van der Waals surface area contributed by atoms with Gasteiger partial charge in [-0.3, -0.25) is 14.5 Å². The van der Waals surface area contributed by atoms with Gasteiger partial charge in [-0.1, -0.05) is 29.8 Å². The van der Waals surface area contributed by atoms with Gasteiger partial charge in [0.05, 0.1) is 10.9 Å². The van der Waals surface area contributed by atoms with Crippen molar-refractivity contribution in [3.63, 3.8) is 0 Å². The number of urea groups is 1. The zero-order valence-electron chi connectivity index (χ0n) is 24.7. The van der Waals surface area contributed by atoms with Gasteiger partial charge in [0, 0.05) is 67.8 Å². The van der Waals surface area contributed by atoms with Crippen LogP contribution in [0.5, 0.6) is 0 Å². The molecule has 14 heteroatoms. The van der Waals surface area contributed by atoms with Crippen molar-refractivity contribution < 1.29 is 22.8 Å². The van der Waals surface area contributed by atoms with E-state index in [1.165, 1.54) is 22.3 Å². The Morgan fingerprint density at radius 1 is 1.07 bits per heavy atom. The Labute approximate surface area is 267 Å². The van der Waals surface area contributed by atoms with Gasteiger partial charge < -0.3 is 20.0 Å². The van der Waals surface area contributed by atoms with Crippen LogP contribution in [0.3, 0.4) is 0 Å². The first-order valence-electron chi connectivity index (χ1n) is 14.9. The maximum Gasteiger partial charge on any atom is 0.321 e. The Hall–Kier alpha value is -2.97. The van der Waals surface area contributed by atoms with Gasteiger partial charge in [0.1, 0.15) is 6.04 Å². The van der Waals surface area contributed by atoms with E-state index in [0.717, 1.165) is 43.4 Å². The summed E-state index contributed by atoms with van der Waals surface area (Å²) >= 11 is 7.17. The number of likely N-dealkylation sites (N-methyl/N-ethyl adjacent to an activating group) is 1. The van der Waals surface area contributed by atoms with E-state index >= 15 is 0 Å². The maximum atomic E-state index is 13.4. The third kappa shape index (κ3) is 8.39. The molecule has 3 saturated heterocycles. The number of rotatable bonds is 10. The number of piperidine rings is 1. The number of hydrogen-bond donors (Lipinski definition) is 2. The minimum Gasteiger partial charge on any atom is -0.337 e. The van der Waals surface area contributed by atoms with Crippen LogP contribution in [-0.4, -0.2) is 110 Å². The summed E-state index contributed by atoms with van der Waals surface area (Å²) in [6.45, 7) is 3.27. The van der Waals surface area contributed by atoms with E-state index in [1.807, 2.05) is 42.3 Å². The molecule has 2 aromatic rings. The Bertz CT molecular complexity index is 1470. The maximum absolute atomic E-state index is 13.4. The largest absolute Gasteiger partial charge is 0.337 e. The van der Waals surface area contributed by atoms with E-state index in [1.54, 1.807) is 17.0 Å². The van der Waals surface area contributed by atoms with E-state index in [4.69, 9.17) is 11.6 Å². The number of sulfonamides is 1. The standard InChI is InChI=1S/C30H39ClN6O5S2/c1-34(30(40)32-22-7-3-2-4-8-22)23-13-17-35(19-23)20-24-9-5-16-37(24)28(38)21-36-15-6-10-26(29(36)39)33-44(41,42)18-14-25-11-12-27(31)43-25/h2-4,7-8,11-12,14,18,23-24,26,33H,5-6,9-10,13,15-17,19-21H2,1H3,(H,32,40)/b18-14+/t23?,24-,26-/m0/s1. The van der Waals surface area contributed by atoms with Crippen LogP contribution in [0.1, 0.15) is 37.0 Å². The third-order valence-corrected chi connectivity index (χ3v) is 10.8. The summed E-state index contributed by atoms with van der Waals surface area (Å²) in [5, 5.41) is 3.98. The lowest BCUT2D eigenvalue weighted by atomic mass is 10.1. The molecule has 3 fully saturated rings. The smallest absolute Gasteiger partial charge is 0.321 e. The molecule has 0 spiro atoms. The summed E-state index contributed by atoms with van der Waals surface area (Å²) in [7, 11) is -2.05. The van der Waals surface area contributed by atoms with E-state index < -0.39 is 16.1 Å². The molecule has 3 aliphatic heterocycles. The predicted molar refractivity (Wildman–Crippen MR) is 173 cm³/mol. The van der Waals surface area contributed by atoms with Crippen molar-refractivity contribution in [2.24, 2.45) is 0 Å². The van der Waals surface area contributed by atoms with Crippen LogP contribution < -0.4 is 10.0 Å². The third-order valence-electron chi connectivity index (χ3n) is 8.48. The average Bonchev–Trinajstić information content (AvgIpc) is 3.76. The molecular formula is C30H39ClN6O5S2. The second-order valence-corrected chi connectivity index (χ2v) is 14.9. The number of anilines is 1. The normalized spacial score (nSPS) is 23.0. The average molecular weight is 663 g/mol. The zero-order valence-corrected chi connectivity index (χ0v) is 27.1. The van der Waals surface area contributed by atoms with E-state index in [0.29, 0.717) is 41.7 Å². The monoisotopic (exact) mass is 662 g/mol. The van der Waals surface area contributed by atoms with Crippen molar-refractivity contribution in [1.82, 2.24) is 24.3 Å². The van der Waals surface area contributed by atoms with E-state index in [2.05, 4.69) is 14.9 Å². The topological polar surface area (TPSA) is 122 Å². The Morgan fingerprint density at radius 2 is 1.84 bits per heavy atom. The molecule has 4 heterocycles. The molecule has 1 unspecified atom stereocenters. The summed E-state index contributed by atoms with van der Waals surface area (Å²) in [4.78, 5) is 47.5. The fraction of sp³-hybridized carbons (Fsp3) is 0.500. The fourth-order valence-corrected chi connectivity index (χ4v) is 8.19. The number of para-hydroxylation sites is 1. The Morgan fingerprint density at radius 3 is 2.59 bits per heavy atom. The summed E-state index contributed by atoms with van der Waals surface area (Å²) in [5.41, 5.74) is 0.756. The lowest BCUT2D eigenvalue weighted by Gasteiger charge is -2.34. The lowest BCUT2D eigenvalue weighted by molar-refractivity contribution is -0.143. The number of thiophene rings is 1. The highest BCUT2D eigenvalue weighted by Gasteiger charge is 2.37. The summed E-state index contributed by atoms with van der Waals surface area (Å²) in [6.07, 6.45) is 5.05. The molecule has 0 aliphatic carbocycles. The van der Waals surface area contributed by atoms with Gasteiger partial charge in [-0.2, -0.15) is 4.72 Å². The van der Waals surface area contributed by atoms with Gasteiger partial charge in [0.2, 0.25) is 21.8 Å². The molecule has 0 radical (unpaired) electrons. The first kappa shape index (κ1) is 32.4. The summed E-state index contributed by atoms with van der Waals surface area (Å²) in [5.74, 6) is -0.496. The molecule has 11 nitrogen and oxygen atoms in total. The molecule has 1 aromatic carbocycles. The van der Waals surface area contributed by atoms with Crippen LogP contribution in [0.2, 0.25) is 4.34 Å². The molecular weight excluding hydrogens is 624 g/mol. The van der Waals surface area contributed by atoms with Gasteiger partial charge in [-0.05, 0) is 62.4 Å². The van der Waals surface area contributed by atoms with Crippen molar-refractivity contribution in [1.29, 1.82) is 0 Å². The highest BCUT2D eigenvalue weighted by Crippen LogP contribution is 2.24. The van der Waals surface area contributed by atoms with Crippen LogP contribution in [0.4, 0.5) is 10.5 Å². The number of nitrogens with one attached hydrogen (secondary N) is 2. The van der Waals surface area contributed by atoms with Crippen LogP contribution >= 0.6 is 22.9 Å². The molecule has 0 saturated carbocycles. The highest BCUT2D eigenvalue weighted by atomic mass is 35.5. The first-order chi connectivity index (χ1) is 21.1. The molecule has 238 valence electrons. The zero-order chi connectivity index (χ0) is 31.3. The Balaban J connectivity index is 1.11. The van der Waals surface area contributed by atoms with Crippen LogP contribution in [-0.2, 0) is 19.6 Å². The molecule has 1 aromatic heterocycles. The minimum absolute atomic E-state index is 0.0368. The molecule has 44 heavy (non-hydrogen) atoms. The highest BCUT2D eigenvalue weighted by molar-refractivity contribution is 7.92. The van der Waals surface area contributed by atoms with Crippen LogP contribution in [0.25, 0.3) is 6.08 Å². The second kappa shape index (κ2) is 14.4. The molecule has 2 N–H and O–H groups in total. The summed E-state index contributed by atoms with van der Waals surface area (Å²) in [6, 6.07) is 11.8. The quantitative estimate of drug-likeness (QED) is 0.402. The summed E-state index contributed by atoms with van der Waals surface area (Å²) < 4.78 is 28.3. The number of amides is 4. The molecule has 3 aliphatic rings. The molecule has 3 atom stereocenters. The number of benzene rings is 1. The molecule has 4 amide bonds. The van der Waals surface area contributed by atoms with Crippen molar-refractivity contribution in [3.8, 4) is 0 Å². The van der Waals surface area contributed by atoms with Crippen LogP contribution in [0, 0.1) is 0 Å². The van der Waals surface area contributed by atoms with Gasteiger partial charge in [0.15, 0.2) is 0 Å². The number of likely N-dealkylation sites (tertiary alicyclic amines) is 3. The van der Waals surface area contributed by atoms with E-state index in [9.17, 15) is 22.8 Å². The van der Waals surface area contributed by atoms with E-state index in [-0.39, 0.29) is 36.5 Å². The number of hydrogen-bond acceptors (Lipinski definition) is 7. The van der Waals surface area contributed by atoms with Crippen molar-refractivity contribution >= 4 is 62.6 Å². The van der Waals surface area contributed by atoms with Gasteiger partial charge >= 0.3 is 6.03 Å². The van der Waals surface area contributed by atoms with Crippen molar-refractivity contribution in [3.05, 3.63) is 57.1 Å². The van der Waals surface area contributed by atoms with Crippen molar-refractivity contribution in [2.45, 2.75) is 50.2 Å². The van der Waals surface area contributed by atoms with Crippen molar-refractivity contribution in [2.75, 3.05) is 51.6 Å². The lowest BCUT2D eigenvalue weighted by Crippen LogP contribution is -2.55. The first-order valence-corrected chi connectivity index (χ1v) is 17.7. The molecule has 5 rings (SSSR count). The van der Waals surface area contributed by atoms with Gasteiger partial charge in [-0.15, -0.1) is 11.3 Å². The number of carbonyl (C=O) groups is 3. The van der Waals surface area contributed by atoms with Gasteiger partial charge in [-0.25, -0.2) is 13.2 Å². The number of halogens is 1. The second-order valence-electron chi connectivity index (χ2n) is 11.6. The minimum atomic E-state index is -3.87. The Kier molecular flexibility index (Phi) is 10.6.